The van der Waals surface area contributed by atoms with Crippen LogP contribution in [0.4, 0.5) is 0 Å². The van der Waals surface area contributed by atoms with Crippen LogP contribution in [0.1, 0.15) is 31.7 Å². The minimum atomic E-state index is 0. The van der Waals surface area contributed by atoms with E-state index in [9.17, 15) is 4.79 Å². The van der Waals surface area contributed by atoms with E-state index in [4.69, 9.17) is 0 Å². The van der Waals surface area contributed by atoms with E-state index < -0.39 is 0 Å². The van der Waals surface area contributed by atoms with E-state index in [1.165, 1.54) is 5.56 Å². The first kappa shape index (κ1) is 20.7. The SMILES string of the molecule is CN=C(NCCNC(=O)C1CC1)NC(C)CCc1ccccc1.I. The van der Waals surface area contributed by atoms with Crippen LogP contribution in [0.25, 0.3) is 0 Å². The number of halogens is 1. The lowest BCUT2D eigenvalue weighted by molar-refractivity contribution is -0.122. The van der Waals surface area contributed by atoms with Gasteiger partial charge in [0.2, 0.25) is 5.91 Å². The van der Waals surface area contributed by atoms with Crippen molar-refractivity contribution in [3.05, 3.63) is 35.9 Å². The number of hydrogen-bond acceptors (Lipinski definition) is 2. The molecule has 1 atom stereocenters. The van der Waals surface area contributed by atoms with Gasteiger partial charge in [0.1, 0.15) is 0 Å². The molecule has 2 rings (SSSR count). The molecule has 0 spiro atoms. The molecule has 1 unspecified atom stereocenters. The summed E-state index contributed by atoms with van der Waals surface area (Å²) in [6.07, 6.45) is 4.18. The first-order valence-electron chi connectivity index (χ1n) is 8.48. The number of benzene rings is 1. The zero-order valence-corrected chi connectivity index (χ0v) is 16.9. The topological polar surface area (TPSA) is 65.5 Å². The molecule has 1 aliphatic carbocycles. The average Bonchev–Trinajstić information content (AvgIpc) is 3.41. The fourth-order valence-electron chi connectivity index (χ4n) is 2.38. The normalized spacial score (nSPS) is 15.2. The second-order valence-electron chi connectivity index (χ2n) is 6.13. The predicted octanol–water partition coefficient (Wildman–Crippen LogP) is 2.32. The quantitative estimate of drug-likeness (QED) is 0.250. The molecule has 134 valence electrons. The molecule has 6 heteroatoms. The summed E-state index contributed by atoms with van der Waals surface area (Å²) in [4.78, 5) is 15.8. The van der Waals surface area contributed by atoms with Crippen LogP contribution in [0.3, 0.4) is 0 Å². The van der Waals surface area contributed by atoms with Gasteiger partial charge in [0, 0.05) is 32.1 Å². The number of carbonyl (C=O) groups excluding carboxylic acids is 1. The van der Waals surface area contributed by atoms with Crippen molar-refractivity contribution in [1.29, 1.82) is 0 Å². The van der Waals surface area contributed by atoms with E-state index in [1.54, 1.807) is 7.05 Å². The number of aliphatic imine (C=N–C) groups is 1. The standard InChI is InChI=1S/C18H28N4O.HI/c1-14(8-9-15-6-4-3-5-7-15)22-18(19-2)21-13-12-20-17(23)16-10-11-16;/h3-7,14,16H,8-13H2,1-2H3,(H,20,23)(H2,19,21,22);1H. The van der Waals surface area contributed by atoms with Crippen LogP contribution in [0.2, 0.25) is 0 Å². The van der Waals surface area contributed by atoms with E-state index in [2.05, 4.69) is 52.1 Å². The summed E-state index contributed by atoms with van der Waals surface area (Å²) in [6.45, 7) is 3.47. The number of nitrogens with one attached hydrogen (secondary N) is 3. The summed E-state index contributed by atoms with van der Waals surface area (Å²) < 4.78 is 0. The van der Waals surface area contributed by atoms with Gasteiger partial charge in [-0.2, -0.15) is 0 Å². The Morgan fingerprint density at radius 1 is 1.21 bits per heavy atom. The molecule has 24 heavy (non-hydrogen) atoms. The molecule has 0 bridgehead atoms. The summed E-state index contributed by atoms with van der Waals surface area (Å²) in [7, 11) is 1.77. The van der Waals surface area contributed by atoms with Crippen molar-refractivity contribution < 1.29 is 4.79 Å². The molecule has 0 aliphatic heterocycles. The number of guanidine groups is 1. The lowest BCUT2D eigenvalue weighted by atomic mass is 10.1. The lowest BCUT2D eigenvalue weighted by Gasteiger charge is -2.18. The Labute approximate surface area is 162 Å². The third kappa shape index (κ3) is 7.99. The second kappa shape index (κ2) is 11.3. The van der Waals surface area contributed by atoms with Crippen molar-refractivity contribution in [3.8, 4) is 0 Å². The van der Waals surface area contributed by atoms with Gasteiger partial charge in [-0.15, -0.1) is 24.0 Å². The van der Waals surface area contributed by atoms with Crippen molar-refractivity contribution in [1.82, 2.24) is 16.0 Å². The molecule has 0 saturated heterocycles. The van der Waals surface area contributed by atoms with Gasteiger partial charge >= 0.3 is 0 Å². The third-order valence-electron chi connectivity index (χ3n) is 3.98. The van der Waals surface area contributed by atoms with Gasteiger partial charge in [-0.05, 0) is 38.2 Å². The van der Waals surface area contributed by atoms with Gasteiger partial charge in [0.15, 0.2) is 5.96 Å². The molecule has 1 saturated carbocycles. The summed E-state index contributed by atoms with van der Waals surface area (Å²) in [6, 6.07) is 10.8. The molecular weight excluding hydrogens is 415 g/mol. The Kier molecular flexibility index (Phi) is 9.75. The Morgan fingerprint density at radius 2 is 1.88 bits per heavy atom. The van der Waals surface area contributed by atoms with Gasteiger partial charge in [0.05, 0.1) is 0 Å². The van der Waals surface area contributed by atoms with Crippen molar-refractivity contribution in [2.24, 2.45) is 10.9 Å². The number of nitrogens with zero attached hydrogens (tertiary/aromatic N) is 1. The van der Waals surface area contributed by atoms with E-state index in [-0.39, 0.29) is 35.8 Å². The highest BCUT2D eigenvalue weighted by atomic mass is 127. The summed E-state index contributed by atoms with van der Waals surface area (Å²) in [5, 5.41) is 9.56. The molecule has 3 N–H and O–H groups in total. The first-order chi connectivity index (χ1) is 11.2. The van der Waals surface area contributed by atoms with Gasteiger partial charge < -0.3 is 16.0 Å². The number of carbonyl (C=O) groups is 1. The molecular formula is C18H29IN4O. The molecule has 1 amide bonds. The molecule has 0 heterocycles. The zero-order chi connectivity index (χ0) is 16.5. The van der Waals surface area contributed by atoms with Crippen LogP contribution in [0.15, 0.2) is 35.3 Å². The smallest absolute Gasteiger partial charge is 0.223 e. The second-order valence-corrected chi connectivity index (χ2v) is 6.13. The zero-order valence-electron chi connectivity index (χ0n) is 14.5. The van der Waals surface area contributed by atoms with Gasteiger partial charge in [0.25, 0.3) is 0 Å². The molecule has 5 nitrogen and oxygen atoms in total. The highest BCUT2D eigenvalue weighted by molar-refractivity contribution is 14.0. The Bertz CT molecular complexity index is 517. The Morgan fingerprint density at radius 3 is 2.50 bits per heavy atom. The summed E-state index contributed by atoms with van der Waals surface area (Å²) in [5.41, 5.74) is 1.35. The molecule has 0 radical (unpaired) electrons. The highest BCUT2D eigenvalue weighted by Crippen LogP contribution is 2.28. The van der Waals surface area contributed by atoms with E-state index in [1.807, 2.05) is 6.07 Å². The average molecular weight is 444 g/mol. The first-order valence-corrected chi connectivity index (χ1v) is 8.48. The maximum Gasteiger partial charge on any atom is 0.223 e. The van der Waals surface area contributed by atoms with Crippen LogP contribution in [-0.4, -0.2) is 38.0 Å². The van der Waals surface area contributed by atoms with E-state index in [0.717, 1.165) is 31.6 Å². The number of hydrogen-bond donors (Lipinski definition) is 3. The van der Waals surface area contributed by atoms with Crippen LogP contribution >= 0.6 is 24.0 Å². The van der Waals surface area contributed by atoms with Gasteiger partial charge in [-0.1, -0.05) is 30.3 Å². The van der Waals surface area contributed by atoms with Gasteiger partial charge in [-0.3, -0.25) is 9.79 Å². The monoisotopic (exact) mass is 444 g/mol. The predicted molar refractivity (Wildman–Crippen MR) is 110 cm³/mol. The number of amides is 1. The number of rotatable bonds is 8. The van der Waals surface area contributed by atoms with Crippen LogP contribution in [-0.2, 0) is 11.2 Å². The maximum atomic E-state index is 11.5. The molecule has 1 aromatic carbocycles. The summed E-state index contributed by atoms with van der Waals surface area (Å²) in [5.74, 6) is 1.24. The minimum Gasteiger partial charge on any atom is -0.355 e. The number of aryl methyl sites for hydroxylation is 1. The van der Waals surface area contributed by atoms with Gasteiger partial charge in [-0.25, -0.2) is 0 Å². The third-order valence-corrected chi connectivity index (χ3v) is 3.98. The fourth-order valence-corrected chi connectivity index (χ4v) is 2.38. The van der Waals surface area contributed by atoms with Crippen molar-refractivity contribution >= 4 is 35.8 Å². The lowest BCUT2D eigenvalue weighted by Crippen LogP contribution is -2.45. The van der Waals surface area contributed by atoms with Crippen LogP contribution in [0.5, 0.6) is 0 Å². The summed E-state index contributed by atoms with van der Waals surface area (Å²) >= 11 is 0. The molecule has 0 aromatic heterocycles. The van der Waals surface area contributed by atoms with E-state index >= 15 is 0 Å². The molecule has 1 fully saturated rings. The van der Waals surface area contributed by atoms with Crippen LogP contribution in [0, 0.1) is 5.92 Å². The van der Waals surface area contributed by atoms with E-state index in [0.29, 0.717) is 19.1 Å². The largest absolute Gasteiger partial charge is 0.355 e. The Hall–Kier alpha value is -1.31. The van der Waals surface area contributed by atoms with Crippen molar-refractivity contribution in [2.75, 3.05) is 20.1 Å². The molecule has 1 aromatic rings. The molecule has 1 aliphatic rings. The van der Waals surface area contributed by atoms with Crippen molar-refractivity contribution in [3.63, 3.8) is 0 Å². The fraction of sp³-hybridized carbons (Fsp3) is 0.556. The highest BCUT2D eigenvalue weighted by Gasteiger charge is 2.28. The minimum absolute atomic E-state index is 0. The Balaban J connectivity index is 0.00000288. The maximum absolute atomic E-state index is 11.5. The van der Waals surface area contributed by atoms with Crippen molar-refractivity contribution in [2.45, 2.75) is 38.6 Å². The van der Waals surface area contributed by atoms with Crippen LogP contribution < -0.4 is 16.0 Å².